The second-order valence-electron chi connectivity index (χ2n) is 7.21. The van der Waals surface area contributed by atoms with Crippen molar-refractivity contribution in [1.29, 1.82) is 0 Å². The van der Waals surface area contributed by atoms with Gasteiger partial charge in [0.1, 0.15) is 0 Å². The lowest BCUT2D eigenvalue weighted by Crippen LogP contribution is -2.52. The van der Waals surface area contributed by atoms with Crippen molar-refractivity contribution < 1.29 is 4.79 Å². The van der Waals surface area contributed by atoms with Gasteiger partial charge in [0.25, 0.3) is 5.91 Å². The van der Waals surface area contributed by atoms with Gasteiger partial charge in [-0.3, -0.25) is 9.79 Å². The molecular formula is C22H26N4O. The Morgan fingerprint density at radius 1 is 1.04 bits per heavy atom. The summed E-state index contributed by atoms with van der Waals surface area (Å²) in [6.45, 7) is 4.52. The van der Waals surface area contributed by atoms with Crippen molar-refractivity contribution >= 4 is 11.9 Å². The molecule has 5 heteroatoms. The van der Waals surface area contributed by atoms with Crippen molar-refractivity contribution in [3.8, 4) is 0 Å². The molecule has 2 aliphatic rings. The summed E-state index contributed by atoms with van der Waals surface area (Å²) in [4.78, 5) is 21.9. The van der Waals surface area contributed by atoms with Crippen LogP contribution in [-0.4, -0.2) is 53.9 Å². The van der Waals surface area contributed by atoms with Gasteiger partial charge in [-0.25, -0.2) is 0 Å². The minimum Gasteiger partial charge on any atom is -0.348 e. The molecule has 0 bridgehead atoms. The number of likely N-dealkylation sites (tertiary alicyclic amines) is 1. The molecule has 2 aliphatic heterocycles. The maximum Gasteiger partial charge on any atom is 0.251 e. The van der Waals surface area contributed by atoms with E-state index in [0.717, 1.165) is 57.1 Å². The normalized spacial score (nSPS) is 19.7. The molecule has 4 rings (SSSR count). The van der Waals surface area contributed by atoms with E-state index >= 15 is 0 Å². The van der Waals surface area contributed by atoms with Gasteiger partial charge in [0.2, 0.25) is 0 Å². The molecule has 0 aromatic heterocycles. The molecule has 0 saturated carbocycles. The van der Waals surface area contributed by atoms with Gasteiger partial charge in [0.05, 0.1) is 6.54 Å². The number of aliphatic imine (C=N–C) groups is 1. The second kappa shape index (κ2) is 8.25. The van der Waals surface area contributed by atoms with E-state index in [0.29, 0.717) is 0 Å². The van der Waals surface area contributed by atoms with E-state index in [9.17, 15) is 4.79 Å². The van der Waals surface area contributed by atoms with Crippen LogP contribution in [0.2, 0.25) is 0 Å². The Balaban J connectivity index is 1.38. The van der Waals surface area contributed by atoms with Crippen molar-refractivity contribution in [2.75, 3.05) is 26.2 Å². The van der Waals surface area contributed by atoms with E-state index in [4.69, 9.17) is 4.99 Å². The Bertz CT molecular complexity index is 790. The summed E-state index contributed by atoms with van der Waals surface area (Å²) in [6, 6.07) is 20.1. The van der Waals surface area contributed by atoms with Crippen molar-refractivity contribution in [3.63, 3.8) is 0 Å². The molecule has 1 amide bonds. The highest BCUT2D eigenvalue weighted by molar-refractivity contribution is 5.94. The standard InChI is InChI=1S/C22H26N4O/c27-21(19-10-5-2-6-11-19)24-20-12-7-14-25(17-20)22-23-13-15-26(22)16-18-8-3-1-4-9-18/h1-6,8-11,20H,7,12-17H2,(H,24,27). The van der Waals surface area contributed by atoms with Gasteiger partial charge in [0, 0.05) is 37.8 Å². The lowest BCUT2D eigenvalue weighted by molar-refractivity contribution is 0.0918. The number of hydrogen-bond donors (Lipinski definition) is 1. The number of benzene rings is 2. The molecule has 140 valence electrons. The number of carbonyl (C=O) groups is 1. The quantitative estimate of drug-likeness (QED) is 0.910. The van der Waals surface area contributed by atoms with Gasteiger partial charge in [-0.2, -0.15) is 0 Å². The maximum atomic E-state index is 12.5. The summed E-state index contributed by atoms with van der Waals surface area (Å²) in [7, 11) is 0. The van der Waals surface area contributed by atoms with Crippen LogP contribution in [0, 0.1) is 0 Å². The average Bonchev–Trinajstić information content (AvgIpc) is 3.18. The summed E-state index contributed by atoms with van der Waals surface area (Å²) in [6.07, 6.45) is 2.08. The highest BCUT2D eigenvalue weighted by atomic mass is 16.1. The maximum absolute atomic E-state index is 12.5. The molecule has 5 nitrogen and oxygen atoms in total. The van der Waals surface area contributed by atoms with Crippen LogP contribution in [0.3, 0.4) is 0 Å². The molecule has 2 heterocycles. The van der Waals surface area contributed by atoms with Crippen LogP contribution in [0.1, 0.15) is 28.8 Å². The Morgan fingerprint density at radius 3 is 2.56 bits per heavy atom. The second-order valence-corrected chi connectivity index (χ2v) is 7.21. The molecule has 1 unspecified atom stereocenters. The van der Waals surface area contributed by atoms with Crippen LogP contribution in [-0.2, 0) is 6.54 Å². The van der Waals surface area contributed by atoms with E-state index < -0.39 is 0 Å². The van der Waals surface area contributed by atoms with Gasteiger partial charge in [-0.05, 0) is 30.5 Å². The van der Waals surface area contributed by atoms with Crippen LogP contribution < -0.4 is 5.32 Å². The number of hydrogen-bond acceptors (Lipinski definition) is 4. The number of nitrogens with one attached hydrogen (secondary N) is 1. The molecule has 1 N–H and O–H groups in total. The monoisotopic (exact) mass is 362 g/mol. The first-order valence-corrected chi connectivity index (χ1v) is 9.74. The lowest BCUT2D eigenvalue weighted by Gasteiger charge is -2.37. The topological polar surface area (TPSA) is 47.9 Å². The van der Waals surface area contributed by atoms with E-state index in [-0.39, 0.29) is 11.9 Å². The fraction of sp³-hybridized carbons (Fsp3) is 0.364. The zero-order valence-corrected chi connectivity index (χ0v) is 15.6. The van der Waals surface area contributed by atoms with Crippen LogP contribution in [0.25, 0.3) is 0 Å². The summed E-state index contributed by atoms with van der Waals surface area (Å²) < 4.78 is 0. The zero-order chi connectivity index (χ0) is 18.5. The Labute approximate surface area is 160 Å². The van der Waals surface area contributed by atoms with E-state index in [2.05, 4.69) is 39.4 Å². The first-order valence-electron chi connectivity index (χ1n) is 9.74. The highest BCUT2D eigenvalue weighted by Crippen LogP contribution is 2.17. The SMILES string of the molecule is O=C(NC1CCCN(C2=NCCN2Cc2ccccc2)C1)c1ccccc1. The number of carbonyl (C=O) groups excluding carboxylic acids is 1. The number of guanidine groups is 1. The number of nitrogens with zero attached hydrogens (tertiary/aromatic N) is 3. The van der Waals surface area contributed by atoms with Crippen molar-refractivity contribution in [2.45, 2.75) is 25.4 Å². The third-order valence-corrected chi connectivity index (χ3v) is 5.20. The molecule has 0 spiro atoms. The minimum absolute atomic E-state index is 0.0111. The molecule has 2 aromatic carbocycles. The van der Waals surface area contributed by atoms with E-state index in [1.165, 1.54) is 5.56 Å². The molecule has 1 atom stereocenters. The predicted octanol–water partition coefficient (Wildman–Crippen LogP) is 2.75. The van der Waals surface area contributed by atoms with Crippen LogP contribution in [0.4, 0.5) is 0 Å². The number of piperidine rings is 1. The first kappa shape index (κ1) is 17.6. The summed E-state index contributed by atoms with van der Waals surface area (Å²) >= 11 is 0. The van der Waals surface area contributed by atoms with Gasteiger partial charge in [0.15, 0.2) is 5.96 Å². The molecule has 0 aliphatic carbocycles. The average molecular weight is 362 g/mol. The summed E-state index contributed by atoms with van der Waals surface area (Å²) in [5, 5.41) is 3.20. The van der Waals surface area contributed by atoms with Gasteiger partial charge < -0.3 is 15.1 Å². The van der Waals surface area contributed by atoms with Crippen molar-refractivity contribution in [1.82, 2.24) is 15.1 Å². The lowest BCUT2D eigenvalue weighted by atomic mass is 10.1. The fourth-order valence-corrected chi connectivity index (χ4v) is 3.86. The minimum atomic E-state index is 0.0111. The van der Waals surface area contributed by atoms with Gasteiger partial charge >= 0.3 is 0 Å². The Morgan fingerprint density at radius 2 is 1.78 bits per heavy atom. The predicted molar refractivity (Wildman–Crippen MR) is 108 cm³/mol. The molecule has 1 fully saturated rings. The van der Waals surface area contributed by atoms with Crippen molar-refractivity contribution in [2.24, 2.45) is 4.99 Å². The first-order chi connectivity index (χ1) is 13.3. The smallest absolute Gasteiger partial charge is 0.251 e. The van der Waals surface area contributed by atoms with Crippen LogP contribution in [0.5, 0.6) is 0 Å². The Hall–Kier alpha value is -2.82. The highest BCUT2D eigenvalue weighted by Gasteiger charge is 2.28. The zero-order valence-electron chi connectivity index (χ0n) is 15.6. The van der Waals surface area contributed by atoms with Gasteiger partial charge in [-0.15, -0.1) is 0 Å². The molecule has 1 saturated heterocycles. The molecular weight excluding hydrogens is 336 g/mol. The number of rotatable bonds is 4. The summed E-state index contributed by atoms with van der Waals surface area (Å²) in [5.74, 6) is 1.09. The van der Waals surface area contributed by atoms with Crippen molar-refractivity contribution in [3.05, 3.63) is 71.8 Å². The van der Waals surface area contributed by atoms with Crippen LogP contribution in [0.15, 0.2) is 65.7 Å². The Kier molecular flexibility index (Phi) is 5.37. The fourth-order valence-electron chi connectivity index (χ4n) is 3.86. The van der Waals surface area contributed by atoms with E-state index in [1.807, 2.05) is 36.4 Å². The third kappa shape index (κ3) is 4.30. The molecule has 27 heavy (non-hydrogen) atoms. The largest absolute Gasteiger partial charge is 0.348 e. The number of amides is 1. The molecule has 0 radical (unpaired) electrons. The third-order valence-electron chi connectivity index (χ3n) is 5.20. The van der Waals surface area contributed by atoms with Gasteiger partial charge in [-0.1, -0.05) is 48.5 Å². The van der Waals surface area contributed by atoms with Crippen LogP contribution >= 0.6 is 0 Å². The van der Waals surface area contributed by atoms with E-state index in [1.54, 1.807) is 0 Å². The molecule has 2 aromatic rings. The summed E-state index contributed by atoms with van der Waals surface area (Å²) in [5.41, 5.74) is 2.02.